The fraction of sp³-hybridized carbons (Fsp3) is 0.300. The Morgan fingerprint density at radius 1 is 1.12 bits per heavy atom. The first-order chi connectivity index (χ1) is 12.5. The third kappa shape index (κ3) is 5.60. The van der Waals surface area contributed by atoms with Crippen molar-refractivity contribution in [2.45, 2.75) is 20.5 Å². The van der Waals surface area contributed by atoms with E-state index in [9.17, 15) is 4.79 Å². The van der Waals surface area contributed by atoms with Gasteiger partial charge in [0.05, 0.1) is 26.0 Å². The zero-order valence-electron chi connectivity index (χ0n) is 15.6. The standard InChI is InChI=1S/C20H25N3O3/c1-14-5-8-18(9-6-14)21-12-20(24)23-22-15(2)16-7-10-19(26-4)17(11-16)13-25-3/h5-11,21H,12-13H2,1-4H3,(H,23,24)/b22-15-. The van der Waals surface area contributed by atoms with Crippen LogP contribution in [0.25, 0.3) is 0 Å². The third-order valence-electron chi connectivity index (χ3n) is 3.85. The van der Waals surface area contributed by atoms with Crippen LogP contribution >= 0.6 is 0 Å². The van der Waals surface area contributed by atoms with E-state index in [1.54, 1.807) is 14.2 Å². The zero-order valence-corrected chi connectivity index (χ0v) is 15.6. The van der Waals surface area contributed by atoms with Gasteiger partial charge in [0.25, 0.3) is 5.91 Å². The Balaban J connectivity index is 1.95. The van der Waals surface area contributed by atoms with E-state index in [1.807, 2.05) is 56.3 Å². The minimum absolute atomic E-state index is 0.150. The minimum atomic E-state index is -0.212. The Labute approximate surface area is 154 Å². The number of anilines is 1. The summed E-state index contributed by atoms with van der Waals surface area (Å²) >= 11 is 0. The number of carbonyl (C=O) groups is 1. The summed E-state index contributed by atoms with van der Waals surface area (Å²) in [6.45, 7) is 4.45. The second-order valence-electron chi connectivity index (χ2n) is 5.91. The molecular weight excluding hydrogens is 330 g/mol. The van der Waals surface area contributed by atoms with Crippen molar-refractivity contribution in [2.24, 2.45) is 5.10 Å². The molecule has 0 aliphatic heterocycles. The average molecular weight is 355 g/mol. The number of nitrogens with one attached hydrogen (secondary N) is 2. The molecule has 0 aromatic heterocycles. The first-order valence-electron chi connectivity index (χ1n) is 8.33. The fourth-order valence-electron chi connectivity index (χ4n) is 2.38. The zero-order chi connectivity index (χ0) is 18.9. The van der Waals surface area contributed by atoms with Crippen LogP contribution < -0.4 is 15.5 Å². The van der Waals surface area contributed by atoms with E-state index in [-0.39, 0.29) is 12.5 Å². The van der Waals surface area contributed by atoms with E-state index in [1.165, 1.54) is 5.56 Å². The molecule has 0 fully saturated rings. The second kappa shape index (κ2) is 9.58. The van der Waals surface area contributed by atoms with E-state index in [4.69, 9.17) is 9.47 Å². The molecule has 2 rings (SSSR count). The molecular formula is C20H25N3O3. The highest BCUT2D eigenvalue weighted by atomic mass is 16.5. The number of hydrogen-bond acceptors (Lipinski definition) is 5. The Morgan fingerprint density at radius 3 is 2.50 bits per heavy atom. The second-order valence-corrected chi connectivity index (χ2v) is 5.91. The van der Waals surface area contributed by atoms with Crippen LogP contribution in [-0.2, 0) is 16.1 Å². The van der Waals surface area contributed by atoms with Crippen molar-refractivity contribution in [1.29, 1.82) is 0 Å². The van der Waals surface area contributed by atoms with Crippen LogP contribution in [0, 0.1) is 6.92 Å². The summed E-state index contributed by atoms with van der Waals surface area (Å²) in [5.41, 5.74) is 7.16. The number of amides is 1. The molecule has 0 heterocycles. The molecule has 0 spiro atoms. The lowest BCUT2D eigenvalue weighted by Gasteiger charge is -2.10. The summed E-state index contributed by atoms with van der Waals surface area (Å²) in [6.07, 6.45) is 0. The van der Waals surface area contributed by atoms with Gasteiger partial charge in [-0.2, -0.15) is 5.10 Å². The van der Waals surface area contributed by atoms with E-state index >= 15 is 0 Å². The first-order valence-corrected chi connectivity index (χ1v) is 8.33. The largest absolute Gasteiger partial charge is 0.496 e. The normalized spacial score (nSPS) is 11.2. The van der Waals surface area contributed by atoms with Gasteiger partial charge in [0.1, 0.15) is 5.75 Å². The molecule has 0 atom stereocenters. The van der Waals surface area contributed by atoms with Gasteiger partial charge in [0.15, 0.2) is 0 Å². The highest BCUT2D eigenvalue weighted by molar-refractivity contribution is 5.99. The number of rotatable bonds is 8. The van der Waals surface area contributed by atoms with Crippen LogP contribution in [0.15, 0.2) is 47.6 Å². The average Bonchev–Trinajstić information content (AvgIpc) is 2.65. The lowest BCUT2D eigenvalue weighted by atomic mass is 10.1. The maximum absolute atomic E-state index is 12.0. The van der Waals surface area contributed by atoms with Gasteiger partial charge in [-0.05, 0) is 49.7 Å². The van der Waals surface area contributed by atoms with Gasteiger partial charge in [-0.25, -0.2) is 5.43 Å². The number of benzene rings is 2. The molecule has 0 saturated carbocycles. The van der Waals surface area contributed by atoms with Gasteiger partial charge in [0, 0.05) is 18.4 Å². The molecule has 138 valence electrons. The molecule has 1 amide bonds. The number of aryl methyl sites for hydroxylation is 1. The van der Waals surface area contributed by atoms with Crippen molar-refractivity contribution in [1.82, 2.24) is 5.43 Å². The number of carbonyl (C=O) groups excluding carboxylic acids is 1. The molecule has 26 heavy (non-hydrogen) atoms. The van der Waals surface area contributed by atoms with Crippen molar-refractivity contribution in [3.05, 3.63) is 59.2 Å². The molecule has 0 aliphatic rings. The van der Waals surface area contributed by atoms with Crippen molar-refractivity contribution in [2.75, 3.05) is 26.1 Å². The summed E-state index contributed by atoms with van der Waals surface area (Å²) in [5, 5.41) is 7.23. The van der Waals surface area contributed by atoms with Gasteiger partial charge in [-0.15, -0.1) is 0 Å². The van der Waals surface area contributed by atoms with Crippen LogP contribution in [-0.4, -0.2) is 32.4 Å². The smallest absolute Gasteiger partial charge is 0.259 e. The SMILES string of the molecule is COCc1cc(/C(C)=N\NC(=O)CNc2ccc(C)cc2)ccc1OC. The van der Waals surface area contributed by atoms with Gasteiger partial charge < -0.3 is 14.8 Å². The van der Waals surface area contributed by atoms with Crippen LogP contribution in [0.5, 0.6) is 5.75 Å². The lowest BCUT2D eigenvalue weighted by Crippen LogP contribution is -2.26. The fourth-order valence-corrected chi connectivity index (χ4v) is 2.38. The molecule has 0 radical (unpaired) electrons. The van der Waals surface area contributed by atoms with Crippen molar-refractivity contribution in [3.8, 4) is 5.75 Å². The predicted molar refractivity (Wildman–Crippen MR) is 104 cm³/mol. The Bertz CT molecular complexity index is 770. The Hall–Kier alpha value is -2.86. The number of hydrogen-bond donors (Lipinski definition) is 2. The monoisotopic (exact) mass is 355 g/mol. The summed E-state index contributed by atoms with van der Waals surface area (Å²) in [4.78, 5) is 12.0. The van der Waals surface area contributed by atoms with E-state index in [0.29, 0.717) is 12.3 Å². The van der Waals surface area contributed by atoms with Gasteiger partial charge in [-0.3, -0.25) is 4.79 Å². The maximum Gasteiger partial charge on any atom is 0.259 e. The number of hydrazone groups is 1. The van der Waals surface area contributed by atoms with E-state index in [0.717, 1.165) is 22.6 Å². The molecule has 2 N–H and O–H groups in total. The summed E-state index contributed by atoms with van der Waals surface area (Å²) in [5.74, 6) is 0.547. The van der Waals surface area contributed by atoms with Crippen LogP contribution in [0.2, 0.25) is 0 Å². The molecule has 2 aromatic carbocycles. The lowest BCUT2D eigenvalue weighted by molar-refractivity contribution is -0.119. The van der Waals surface area contributed by atoms with E-state index < -0.39 is 0 Å². The van der Waals surface area contributed by atoms with Gasteiger partial charge in [-0.1, -0.05) is 17.7 Å². The first kappa shape index (κ1) is 19.5. The topological polar surface area (TPSA) is 72.0 Å². The number of methoxy groups -OCH3 is 2. The number of nitrogens with zero attached hydrogens (tertiary/aromatic N) is 1. The highest BCUT2D eigenvalue weighted by Gasteiger charge is 2.07. The Morgan fingerprint density at radius 2 is 1.85 bits per heavy atom. The molecule has 6 nitrogen and oxygen atoms in total. The molecule has 2 aromatic rings. The van der Waals surface area contributed by atoms with Gasteiger partial charge in [0.2, 0.25) is 0 Å². The molecule has 0 aliphatic carbocycles. The van der Waals surface area contributed by atoms with Crippen LogP contribution in [0.4, 0.5) is 5.69 Å². The molecule has 6 heteroatoms. The maximum atomic E-state index is 12.0. The van der Waals surface area contributed by atoms with Gasteiger partial charge >= 0.3 is 0 Å². The molecule has 0 bridgehead atoms. The van der Waals surface area contributed by atoms with Crippen LogP contribution in [0.1, 0.15) is 23.6 Å². The summed E-state index contributed by atoms with van der Waals surface area (Å²) in [6, 6.07) is 13.6. The van der Waals surface area contributed by atoms with Crippen molar-refractivity contribution < 1.29 is 14.3 Å². The van der Waals surface area contributed by atoms with Crippen molar-refractivity contribution >= 4 is 17.3 Å². The highest BCUT2D eigenvalue weighted by Crippen LogP contribution is 2.21. The van der Waals surface area contributed by atoms with E-state index in [2.05, 4.69) is 15.8 Å². The minimum Gasteiger partial charge on any atom is -0.496 e. The quantitative estimate of drug-likeness (QED) is 0.564. The van der Waals surface area contributed by atoms with Crippen LogP contribution in [0.3, 0.4) is 0 Å². The number of ether oxygens (including phenoxy) is 2. The van der Waals surface area contributed by atoms with Crippen molar-refractivity contribution in [3.63, 3.8) is 0 Å². The third-order valence-corrected chi connectivity index (χ3v) is 3.85. The Kier molecular flexibility index (Phi) is 7.17. The predicted octanol–water partition coefficient (Wildman–Crippen LogP) is 3.10. The molecule has 0 unspecified atom stereocenters. The molecule has 0 saturated heterocycles. The summed E-state index contributed by atoms with van der Waals surface area (Å²) in [7, 11) is 3.25. The summed E-state index contributed by atoms with van der Waals surface area (Å²) < 4.78 is 10.5.